The maximum Gasteiger partial charge on any atom is 0.126 e. The van der Waals surface area contributed by atoms with Crippen LogP contribution in [-0.4, -0.2) is 10.2 Å². The van der Waals surface area contributed by atoms with E-state index in [1.807, 2.05) is 27.7 Å². The van der Waals surface area contributed by atoms with E-state index in [2.05, 4.69) is 10.2 Å². The van der Waals surface area contributed by atoms with Crippen molar-refractivity contribution < 1.29 is 8.78 Å². The summed E-state index contributed by atoms with van der Waals surface area (Å²) < 4.78 is 26.0. The molecule has 4 heteroatoms. The maximum atomic E-state index is 13.0. The number of hydrogen-bond donors (Lipinski definition) is 0. The summed E-state index contributed by atoms with van der Waals surface area (Å²) in [6, 6.07) is 5.07. The van der Waals surface area contributed by atoms with Gasteiger partial charge in [-0.2, -0.15) is 10.2 Å². The standard InChI is InChI=1S/C12H10F2N2.C2H6/c1-7-3-12(16-15-8(7)2)9-4-10(13)6-11(14)5-9;1-2/h3-6H,1-2H3;1-2H3. The molecule has 0 fully saturated rings. The molecule has 2 aromatic rings. The van der Waals surface area contributed by atoms with Gasteiger partial charge in [-0.1, -0.05) is 13.8 Å². The van der Waals surface area contributed by atoms with Crippen molar-refractivity contribution in [2.45, 2.75) is 27.7 Å². The van der Waals surface area contributed by atoms with Crippen LogP contribution in [-0.2, 0) is 0 Å². The molecule has 0 N–H and O–H groups in total. The molecule has 0 bridgehead atoms. The summed E-state index contributed by atoms with van der Waals surface area (Å²) in [5.74, 6) is -1.23. The Hall–Kier alpha value is -1.84. The Morgan fingerprint density at radius 2 is 1.39 bits per heavy atom. The summed E-state index contributed by atoms with van der Waals surface area (Å²) in [5, 5.41) is 7.83. The van der Waals surface area contributed by atoms with Crippen LogP contribution in [0.4, 0.5) is 8.78 Å². The Kier molecular flexibility index (Phi) is 4.89. The number of rotatable bonds is 1. The fraction of sp³-hybridized carbons (Fsp3) is 0.286. The van der Waals surface area contributed by atoms with Gasteiger partial charge in [0.1, 0.15) is 11.6 Å². The molecule has 2 rings (SSSR count). The van der Waals surface area contributed by atoms with Crippen molar-refractivity contribution in [1.82, 2.24) is 10.2 Å². The zero-order valence-corrected chi connectivity index (χ0v) is 11.0. The van der Waals surface area contributed by atoms with Crippen LogP contribution < -0.4 is 0 Å². The first-order chi connectivity index (χ1) is 8.56. The average molecular weight is 250 g/mol. The average Bonchev–Trinajstić information content (AvgIpc) is 2.34. The predicted molar refractivity (Wildman–Crippen MR) is 68.2 cm³/mol. The summed E-state index contributed by atoms with van der Waals surface area (Å²) >= 11 is 0. The second-order valence-electron chi connectivity index (χ2n) is 3.66. The summed E-state index contributed by atoms with van der Waals surface area (Å²) in [5.41, 5.74) is 2.62. The van der Waals surface area contributed by atoms with Crippen LogP contribution in [0.2, 0.25) is 0 Å². The molecule has 2 nitrogen and oxygen atoms in total. The second kappa shape index (κ2) is 6.19. The minimum Gasteiger partial charge on any atom is -0.207 e. The number of nitrogens with zero attached hydrogens (tertiary/aromatic N) is 2. The first kappa shape index (κ1) is 14.2. The Morgan fingerprint density at radius 1 is 0.833 bits per heavy atom. The molecule has 1 aromatic carbocycles. The Morgan fingerprint density at radius 3 is 1.89 bits per heavy atom. The van der Waals surface area contributed by atoms with Crippen molar-refractivity contribution in [1.29, 1.82) is 0 Å². The topological polar surface area (TPSA) is 25.8 Å². The first-order valence-corrected chi connectivity index (χ1v) is 5.83. The second-order valence-corrected chi connectivity index (χ2v) is 3.66. The van der Waals surface area contributed by atoms with E-state index in [9.17, 15) is 8.78 Å². The molecule has 0 saturated carbocycles. The zero-order chi connectivity index (χ0) is 13.7. The fourth-order valence-electron chi connectivity index (χ4n) is 1.39. The van der Waals surface area contributed by atoms with Crippen molar-refractivity contribution in [2.24, 2.45) is 0 Å². The van der Waals surface area contributed by atoms with Crippen molar-refractivity contribution in [2.75, 3.05) is 0 Å². The minimum atomic E-state index is -0.616. The molecule has 96 valence electrons. The lowest BCUT2D eigenvalue weighted by Gasteiger charge is -2.03. The van der Waals surface area contributed by atoms with Gasteiger partial charge in [-0.3, -0.25) is 0 Å². The molecule has 18 heavy (non-hydrogen) atoms. The van der Waals surface area contributed by atoms with Crippen molar-refractivity contribution in [3.63, 3.8) is 0 Å². The number of aryl methyl sites for hydroxylation is 2. The molecule has 0 spiro atoms. The molecule has 1 aromatic heterocycles. The zero-order valence-electron chi connectivity index (χ0n) is 11.0. The van der Waals surface area contributed by atoms with Crippen LogP contribution in [0.15, 0.2) is 24.3 Å². The largest absolute Gasteiger partial charge is 0.207 e. The lowest BCUT2D eigenvalue weighted by Crippen LogP contribution is -1.94. The summed E-state index contributed by atoms with van der Waals surface area (Å²) in [7, 11) is 0. The molecule has 0 unspecified atom stereocenters. The van der Waals surface area contributed by atoms with Gasteiger partial charge in [-0.05, 0) is 37.6 Å². The maximum absolute atomic E-state index is 13.0. The third kappa shape index (κ3) is 3.32. The normalized spacial score (nSPS) is 9.67. The van der Waals surface area contributed by atoms with Crippen LogP contribution in [0.25, 0.3) is 11.3 Å². The van der Waals surface area contributed by atoms with Crippen LogP contribution in [0.1, 0.15) is 25.1 Å². The van der Waals surface area contributed by atoms with E-state index in [1.165, 1.54) is 12.1 Å². The highest BCUT2D eigenvalue weighted by atomic mass is 19.1. The highest BCUT2D eigenvalue weighted by Crippen LogP contribution is 2.20. The van der Waals surface area contributed by atoms with E-state index in [0.29, 0.717) is 11.3 Å². The van der Waals surface area contributed by atoms with E-state index >= 15 is 0 Å². The van der Waals surface area contributed by atoms with E-state index in [4.69, 9.17) is 0 Å². The minimum absolute atomic E-state index is 0.396. The third-order valence-corrected chi connectivity index (χ3v) is 2.39. The van der Waals surface area contributed by atoms with Gasteiger partial charge in [-0.15, -0.1) is 0 Å². The van der Waals surface area contributed by atoms with Crippen LogP contribution in [0.5, 0.6) is 0 Å². The molecule has 0 aliphatic carbocycles. The highest BCUT2D eigenvalue weighted by Gasteiger charge is 2.06. The highest BCUT2D eigenvalue weighted by molar-refractivity contribution is 5.59. The molecule has 0 radical (unpaired) electrons. The van der Waals surface area contributed by atoms with Gasteiger partial charge >= 0.3 is 0 Å². The monoisotopic (exact) mass is 250 g/mol. The molecular formula is C14H16F2N2. The van der Waals surface area contributed by atoms with E-state index in [1.54, 1.807) is 6.07 Å². The Labute approximate surface area is 106 Å². The van der Waals surface area contributed by atoms with E-state index in [-0.39, 0.29) is 0 Å². The smallest absolute Gasteiger partial charge is 0.126 e. The summed E-state index contributed by atoms with van der Waals surface area (Å²) in [4.78, 5) is 0. The van der Waals surface area contributed by atoms with E-state index < -0.39 is 11.6 Å². The van der Waals surface area contributed by atoms with Gasteiger partial charge in [0.15, 0.2) is 0 Å². The first-order valence-electron chi connectivity index (χ1n) is 5.83. The van der Waals surface area contributed by atoms with E-state index in [0.717, 1.165) is 17.3 Å². The SMILES string of the molecule is CC.Cc1cc(-c2cc(F)cc(F)c2)nnc1C. The van der Waals surface area contributed by atoms with Crippen molar-refractivity contribution in [3.05, 3.63) is 47.2 Å². The lowest BCUT2D eigenvalue weighted by molar-refractivity contribution is 0.584. The van der Waals surface area contributed by atoms with Crippen molar-refractivity contribution in [3.8, 4) is 11.3 Å². The van der Waals surface area contributed by atoms with Gasteiger partial charge in [0.2, 0.25) is 0 Å². The molecule has 0 atom stereocenters. The molecular weight excluding hydrogens is 234 g/mol. The Balaban J connectivity index is 0.000000771. The lowest BCUT2D eigenvalue weighted by atomic mass is 10.1. The summed E-state index contributed by atoms with van der Waals surface area (Å²) in [6.07, 6.45) is 0. The van der Waals surface area contributed by atoms with Crippen molar-refractivity contribution >= 4 is 0 Å². The predicted octanol–water partition coefficient (Wildman–Crippen LogP) is 4.06. The number of aromatic nitrogens is 2. The molecule has 0 aliphatic heterocycles. The van der Waals surface area contributed by atoms with Crippen LogP contribution in [0.3, 0.4) is 0 Å². The quantitative estimate of drug-likeness (QED) is 0.762. The third-order valence-electron chi connectivity index (χ3n) is 2.39. The summed E-state index contributed by atoms with van der Waals surface area (Å²) in [6.45, 7) is 7.71. The van der Waals surface area contributed by atoms with Gasteiger partial charge in [0.25, 0.3) is 0 Å². The Bertz CT molecular complexity index is 519. The van der Waals surface area contributed by atoms with Gasteiger partial charge in [-0.25, -0.2) is 8.78 Å². The number of hydrogen-bond acceptors (Lipinski definition) is 2. The molecule has 0 aliphatic rings. The van der Waals surface area contributed by atoms with Gasteiger partial charge in [0.05, 0.1) is 11.4 Å². The van der Waals surface area contributed by atoms with Crippen LogP contribution >= 0.6 is 0 Å². The van der Waals surface area contributed by atoms with Gasteiger partial charge < -0.3 is 0 Å². The molecule has 0 saturated heterocycles. The van der Waals surface area contributed by atoms with Crippen LogP contribution in [0, 0.1) is 25.5 Å². The molecule has 1 heterocycles. The number of benzene rings is 1. The fourth-order valence-corrected chi connectivity index (χ4v) is 1.39. The molecule has 0 amide bonds. The number of halogens is 2. The van der Waals surface area contributed by atoms with Gasteiger partial charge in [0, 0.05) is 11.6 Å².